The summed E-state index contributed by atoms with van der Waals surface area (Å²) < 4.78 is 5.55. The molecule has 0 saturated carbocycles. The first-order valence-corrected chi connectivity index (χ1v) is 4.75. The summed E-state index contributed by atoms with van der Waals surface area (Å²) in [6.07, 6.45) is 2.16. The highest BCUT2D eigenvalue weighted by atomic mass is 32.1. The summed E-state index contributed by atoms with van der Waals surface area (Å²) in [5, 5.41) is 4.31. The van der Waals surface area contributed by atoms with Gasteiger partial charge in [-0.3, -0.25) is 5.43 Å². The number of hydrogen-bond donors (Lipinski definition) is 2. The Kier molecular flexibility index (Phi) is 3.62. The van der Waals surface area contributed by atoms with Crippen LogP contribution in [-0.4, -0.2) is 23.0 Å². The molecule has 2 atom stereocenters. The minimum absolute atomic E-state index is 0.208. The summed E-state index contributed by atoms with van der Waals surface area (Å²) in [4.78, 5) is 0. The molecule has 0 radical (unpaired) electrons. The van der Waals surface area contributed by atoms with E-state index in [1.54, 1.807) is 0 Å². The second kappa shape index (κ2) is 4.53. The third kappa shape index (κ3) is 3.69. The highest BCUT2D eigenvalue weighted by molar-refractivity contribution is 7.80. The Morgan fingerprint density at radius 3 is 2.54 bits per heavy atom. The van der Waals surface area contributed by atoms with Crippen molar-refractivity contribution in [2.24, 2.45) is 10.8 Å². The maximum Gasteiger partial charge on any atom is 0.184 e. The molecule has 0 aliphatic carbocycles. The SMILES string of the molecule is CC1CC(=NNC(N)=S)CC(C)O1. The zero-order chi connectivity index (χ0) is 9.84. The number of nitrogens with two attached hydrogens (primary N) is 1. The fraction of sp³-hybridized carbons (Fsp3) is 0.750. The van der Waals surface area contributed by atoms with Crippen molar-refractivity contribution in [1.29, 1.82) is 0 Å². The number of nitrogens with one attached hydrogen (secondary N) is 1. The molecule has 1 rings (SSSR count). The van der Waals surface area contributed by atoms with Gasteiger partial charge in [0.15, 0.2) is 5.11 Å². The lowest BCUT2D eigenvalue weighted by Gasteiger charge is -2.26. The van der Waals surface area contributed by atoms with Crippen molar-refractivity contribution in [3.8, 4) is 0 Å². The van der Waals surface area contributed by atoms with Gasteiger partial charge in [0.2, 0.25) is 0 Å². The lowest BCUT2D eigenvalue weighted by Crippen LogP contribution is -2.32. The first-order valence-electron chi connectivity index (χ1n) is 4.34. The van der Waals surface area contributed by atoms with E-state index in [1.807, 2.05) is 13.8 Å². The van der Waals surface area contributed by atoms with Gasteiger partial charge in [0, 0.05) is 18.6 Å². The predicted octanol–water partition coefficient (Wildman–Crippen LogP) is 0.763. The van der Waals surface area contributed by atoms with Crippen molar-refractivity contribution >= 4 is 23.0 Å². The van der Waals surface area contributed by atoms with E-state index in [4.69, 9.17) is 10.5 Å². The van der Waals surface area contributed by atoms with Gasteiger partial charge in [0.05, 0.1) is 12.2 Å². The molecule has 0 amide bonds. The standard InChI is InChI=1S/C8H15N3OS/c1-5-3-7(4-6(2)12-5)10-11-8(9)13/h5-6H,3-4H2,1-2H3,(H3,9,11,13). The summed E-state index contributed by atoms with van der Waals surface area (Å²) in [6.45, 7) is 4.07. The van der Waals surface area contributed by atoms with Crippen LogP contribution in [0.3, 0.4) is 0 Å². The number of rotatable bonds is 1. The quantitative estimate of drug-likeness (QED) is 0.486. The molecular formula is C8H15N3OS. The Bertz CT molecular complexity index is 217. The largest absolute Gasteiger partial charge is 0.375 e. The smallest absolute Gasteiger partial charge is 0.184 e. The fourth-order valence-electron chi connectivity index (χ4n) is 1.47. The van der Waals surface area contributed by atoms with E-state index < -0.39 is 0 Å². The van der Waals surface area contributed by atoms with Crippen LogP contribution < -0.4 is 11.2 Å². The second-order valence-electron chi connectivity index (χ2n) is 3.32. The molecule has 5 heteroatoms. The minimum Gasteiger partial charge on any atom is -0.375 e. The van der Waals surface area contributed by atoms with Crippen LogP contribution in [0.4, 0.5) is 0 Å². The Morgan fingerprint density at radius 2 is 2.08 bits per heavy atom. The number of hydrogen-bond acceptors (Lipinski definition) is 3. The molecule has 2 unspecified atom stereocenters. The molecule has 3 N–H and O–H groups in total. The molecule has 1 fully saturated rings. The van der Waals surface area contributed by atoms with E-state index in [1.165, 1.54) is 0 Å². The van der Waals surface area contributed by atoms with Crippen LogP contribution in [0.1, 0.15) is 26.7 Å². The summed E-state index contributed by atoms with van der Waals surface area (Å²) >= 11 is 4.65. The van der Waals surface area contributed by atoms with Gasteiger partial charge in [0.1, 0.15) is 0 Å². The zero-order valence-electron chi connectivity index (χ0n) is 7.91. The summed E-state index contributed by atoms with van der Waals surface area (Å²) in [7, 11) is 0. The molecule has 1 aliphatic rings. The number of ether oxygens (including phenoxy) is 1. The summed E-state index contributed by atoms with van der Waals surface area (Å²) in [6, 6.07) is 0. The molecule has 13 heavy (non-hydrogen) atoms. The monoisotopic (exact) mass is 201 g/mol. The molecule has 0 aromatic carbocycles. The molecule has 0 bridgehead atoms. The number of nitrogens with zero attached hydrogens (tertiary/aromatic N) is 1. The van der Waals surface area contributed by atoms with Crippen molar-refractivity contribution in [2.45, 2.75) is 38.9 Å². The van der Waals surface area contributed by atoms with Gasteiger partial charge in [-0.25, -0.2) is 0 Å². The first-order chi connectivity index (χ1) is 6.08. The van der Waals surface area contributed by atoms with Crippen molar-refractivity contribution in [3.63, 3.8) is 0 Å². The highest BCUT2D eigenvalue weighted by Crippen LogP contribution is 2.15. The van der Waals surface area contributed by atoms with E-state index in [9.17, 15) is 0 Å². The molecular weight excluding hydrogens is 186 g/mol. The summed E-state index contributed by atoms with van der Waals surface area (Å²) in [5.74, 6) is 0. The average Bonchev–Trinajstić information content (AvgIpc) is 1.99. The van der Waals surface area contributed by atoms with E-state index in [0.717, 1.165) is 18.6 Å². The maximum absolute atomic E-state index is 5.55. The minimum atomic E-state index is 0.208. The van der Waals surface area contributed by atoms with Crippen molar-refractivity contribution in [2.75, 3.05) is 0 Å². The molecule has 1 aliphatic heterocycles. The van der Waals surface area contributed by atoms with E-state index in [2.05, 4.69) is 22.7 Å². The van der Waals surface area contributed by atoms with Gasteiger partial charge in [-0.15, -0.1) is 0 Å². The Hall–Kier alpha value is -0.680. The van der Waals surface area contributed by atoms with Gasteiger partial charge in [-0.05, 0) is 26.1 Å². The van der Waals surface area contributed by atoms with Gasteiger partial charge in [-0.1, -0.05) is 0 Å². The lowest BCUT2D eigenvalue weighted by atomic mass is 10.0. The van der Waals surface area contributed by atoms with Crippen molar-refractivity contribution in [3.05, 3.63) is 0 Å². The average molecular weight is 201 g/mol. The van der Waals surface area contributed by atoms with Crippen molar-refractivity contribution < 1.29 is 4.74 Å². The van der Waals surface area contributed by atoms with Crippen molar-refractivity contribution in [1.82, 2.24) is 5.43 Å². The van der Waals surface area contributed by atoms with E-state index >= 15 is 0 Å². The van der Waals surface area contributed by atoms with Crippen LogP contribution in [0, 0.1) is 0 Å². The lowest BCUT2D eigenvalue weighted by molar-refractivity contribution is 0.00364. The molecule has 1 heterocycles. The zero-order valence-corrected chi connectivity index (χ0v) is 8.73. The molecule has 0 aromatic rings. The maximum atomic E-state index is 5.55. The van der Waals surface area contributed by atoms with E-state index in [-0.39, 0.29) is 17.3 Å². The van der Waals surface area contributed by atoms with Gasteiger partial charge in [-0.2, -0.15) is 5.10 Å². The summed E-state index contributed by atoms with van der Waals surface area (Å²) in [5.41, 5.74) is 8.93. The molecule has 0 aromatic heterocycles. The molecule has 0 spiro atoms. The van der Waals surface area contributed by atoms with Crippen LogP contribution >= 0.6 is 12.2 Å². The van der Waals surface area contributed by atoms with Gasteiger partial charge >= 0.3 is 0 Å². The Labute approximate surface area is 83.5 Å². The molecule has 4 nitrogen and oxygen atoms in total. The molecule has 1 saturated heterocycles. The van der Waals surface area contributed by atoms with Crippen LogP contribution in [0.5, 0.6) is 0 Å². The fourth-order valence-corrected chi connectivity index (χ4v) is 1.51. The third-order valence-corrected chi connectivity index (χ3v) is 1.93. The van der Waals surface area contributed by atoms with Crippen LogP contribution in [-0.2, 0) is 4.74 Å². The van der Waals surface area contributed by atoms with Crippen LogP contribution in [0.25, 0.3) is 0 Å². The molecule has 74 valence electrons. The van der Waals surface area contributed by atoms with Gasteiger partial charge in [0.25, 0.3) is 0 Å². The Balaban J connectivity index is 2.49. The first kappa shape index (κ1) is 10.4. The second-order valence-corrected chi connectivity index (χ2v) is 3.76. The Morgan fingerprint density at radius 1 is 1.54 bits per heavy atom. The van der Waals surface area contributed by atoms with E-state index in [0.29, 0.717) is 0 Å². The highest BCUT2D eigenvalue weighted by Gasteiger charge is 2.20. The third-order valence-electron chi connectivity index (χ3n) is 1.83. The predicted molar refractivity (Wildman–Crippen MR) is 56.6 cm³/mol. The normalized spacial score (nSPS) is 28.3. The van der Waals surface area contributed by atoms with Crippen LogP contribution in [0.15, 0.2) is 5.10 Å². The number of thiocarbonyl (C=S) groups is 1. The topological polar surface area (TPSA) is 59.6 Å². The number of hydrazone groups is 1. The van der Waals surface area contributed by atoms with Crippen LogP contribution in [0.2, 0.25) is 0 Å². The van der Waals surface area contributed by atoms with Gasteiger partial charge < -0.3 is 10.5 Å².